The second-order valence-electron chi connectivity index (χ2n) is 3.98. The third kappa shape index (κ3) is 3.59. The van der Waals surface area contributed by atoms with Crippen molar-refractivity contribution in [1.82, 2.24) is 5.32 Å². The highest BCUT2D eigenvalue weighted by Gasteiger charge is 1.91. The molecule has 0 heterocycles. The average Bonchev–Trinajstić information content (AvgIpc) is 2.45. The highest BCUT2D eigenvalue weighted by atomic mass is 16.1. The molecule has 18 heavy (non-hydrogen) atoms. The predicted octanol–water partition coefficient (Wildman–Crippen LogP) is 3.10. The summed E-state index contributed by atoms with van der Waals surface area (Å²) in [5, 5.41) is 2.64. The second kappa shape index (κ2) is 6.40. The summed E-state index contributed by atoms with van der Waals surface area (Å²) in [7, 11) is 0. The molecule has 1 N–H and O–H groups in total. The molecule has 0 spiro atoms. The summed E-state index contributed by atoms with van der Waals surface area (Å²) in [6, 6.07) is 18.3. The SMILES string of the molecule is O=CNCc1ccc(C=Cc2ccccc2)cc1. The summed E-state index contributed by atoms with van der Waals surface area (Å²) >= 11 is 0. The van der Waals surface area contributed by atoms with Gasteiger partial charge in [-0.3, -0.25) is 4.79 Å². The van der Waals surface area contributed by atoms with Gasteiger partial charge in [0.05, 0.1) is 0 Å². The molecule has 90 valence electrons. The number of benzene rings is 2. The maximum absolute atomic E-state index is 10.2. The van der Waals surface area contributed by atoms with Crippen LogP contribution >= 0.6 is 0 Å². The normalized spacial score (nSPS) is 10.4. The van der Waals surface area contributed by atoms with Gasteiger partial charge in [-0.2, -0.15) is 0 Å². The largest absolute Gasteiger partial charge is 0.355 e. The first-order valence-electron chi connectivity index (χ1n) is 5.87. The number of hydrogen-bond acceptors (Lipinski definition) is 1. The minimum absolute atomic E-state index is 0.576. The molecule has 0 radical (unpaired) electrons. The van der Waals surface area contributed by atoms with Crippen LogP contribution < -0.4 is 5.32 Å². The first kappa shape index (κ1) is 12.1. The Morgan fingerprint density at radius 2 is 1.44 bits per heavy atom. The molecule has 1 amide bonds. The Labute approximate surface area is 107 Å². The van der Waals surface area contributed by atoms with Crippen LogP contribution in [0.2, 0.25) is 0 Å². The second-order valence-corrected chi connectivity index (χ2v) is 3.98. The highest BCUT2D eigenvalue weighted by Crippen LogP contribution is 2.09. The van der Waals surface area contributed by atoms with Crippen LogP contribution in [-0.2, 0) is 11.3 Å². The molecule has 2 rings (SSSR count). The van der Waals surface area contributed by atoms with E-state index in [2.05, 4.69) is 29.6 Å². The zero-order chi connectivity index (χ0) is 12.6. The van der Waals surface area contributed by atoms with E-state index in [0.29, 0.717) is 13.0 Å². The molecule has 2 aromatic carbocycles. The fourth-order valence-electron chi connectivity index (χ4n) is 1.66. The molecule has 2 heteroatoms. The van der Waals surface area contributed by atoms with E-state index in [1.807, 2.05) is 42.5 Å². The lowest BCUT2D eigenvalue weighted by Crippen LogP contribution is -2.09. The first-order valence-corrected chi connectivity index (χ1v) is 5.87. The first-order chi connectivity index (χ1) is 8.88. The van der Waals surface area contributed by atoms with Crippen molar-refractivity contribution in [2.24, 2.45) is 0 Å². The highest BCUT2D eigenvalue weighted by molar-refractivity contribution is 5.69. The Bertz CT molecular complexity index is 515. The minimum atomic E-state index is 0.576. The van der Waals surface area contributed by atoms with Crippen molar-refractivity contribution >= 4 is 18.6 Å². The Hall–Kier alpha value is -2.35. The van der Waals surface area contributed by atoms with Gasteiger partial charge < -0.3 is 5.32 Å². The van der Waals surface area contributed by atoms with Gasteiger partial charge in [-0.15, -0.1) is 0 Å². The Balaban J connectivity index is 2.02. The maximum Gasteiger partial charge on any atom is 0.207 e. The Morgan fingerprint density at radius 1 is 0.833 bits per heavy atom. The van der Waals surface area contributed by atoms with Crippen molar-refractivity contribution in [2.45, 2.75) is 6.54 Å². The van der Waals surface area contributed by atoms with Crippen LogP contribution in [0.15, 0.2) is 54.6 Å². The van der Waals surface area contributed by atoms with Gasteiger partial charge in [0.15, 0.2) is 0 Å². The van der Waals surface area contributed by atoms with Gasteiger partial charge in [-0.1, -0.05) is 66.7 Å². The van der Waals surface area contributed by atoms with Crippen molar-refractivity contribution in [3.05, 3.63) is 71.3 Å². The molecule has 0 fully saturated rings. The number of rotatable bonds is 5. The van der Waals surface area contributed by atoms with Crippen molar-refractivity contribution in [3.8, 4) is 0 Å². The molecular formula is C16H15NO. The molecule has 0 saturated carbocycles. The lowest BCUT2D eigenvalue weighted by molar-refractivity contribution is -0.109. The van der Waals surface area contributed by atoms with Crippen LogP contribution in [0.25, 0.3) is 12.2 Å². The summed E-state index contributed by atoms with van der Waals surface area (Å²) in [6.45, 7) is 0.576. The van der Waals surface area contributed by atoms with Crippen LogP contribution in [-0.4, -0.2) is 6.41 Å². The van der Waals surface area contributed by atoms with E-state index in [1.165, 1.54) is 5.56 Å². The van der Waals surface area contributed by atoms with Crippen LogP contribution in [0.3, 0.4) is 0 Å². The zero-order valence-electron chi connectivity index (χ0n) is 10.0. The molecule has 2 aromatic rings. The monoisotopic (exact) mass is 237 g/mol. The van der Waals surface area contributed by atoms with E-state index in [-0.39, 0.29) is 0 Å². The van der Waals surface area contributed by atoms with Crippen molar-refractivity contribution < 1.29 is 4.79 Å². The van der Waals surface area contributed by atoms with E-state index < -0.39 is 0 Å². The maximum atomic E-state index is 10.2. The van der Waals surface area contributed by atoms with E-state index in [4.69, 9.17) is 0 Å². The smallest absolute Gasteiger partial charge is 0.207 e. The number of amides is 1. The minimum Gasteiger partial charge on any atom is -0.355 e. The van der Waals surface area contributed by atoms with Gasteiger partial charge in [-0.25, -0.2) is 0 Å². The molecule has 0 aliphatic carbocycles. The molecule has 0 unspecified atom stereocenters. The van der Waals surface area contributed by atoms with Crippen LogP contribution in [0.5, 0.6) is 0 Å². The van der Waals surface area contributed by atoms with E-state index >= 15 is 0 Å². The molecular weight excluding hydrogens is 222 g/mol. The van der Waals surface area contributed by atoms with Crippen LogP contribution in [0.1, 0.15) is 16.7 Å². The van der Waals surface area contributed by atoms with Crippen LogP contribution in [0.4, 0.5) is 0 Å². The number of nitrogens with one attached hydrogen (secondary N) is 1. The van der Waals surface area contributed by atoms with Crippen LogP contribution in [0, 0.1) is 0 Å². The summed E-state index contributed by atoms with van der Waals surface area (Å²) < 4.78 is 0. The predicted molar refractivity (Wildman–Crippen MR) is 74.7 cm³/mol. The third-order valence-electron chi connectivity index (χ3n) is 2.64. The van der Waals surface area contributed by atoms with Gasteiger partial charge in [0.2, 0.25) is 6.41 Å². The van der Waals surface area contributed by atoms with Gasteiger partial charge >= 0.3 is 0 Å². The Kier molecular flexibility index (Phi) is 4.31. The van der Waals surface area contributed by atoms with Gasteiger partial charge in [0.1, 0.15) is 0 Å². The van der Waals surface area contributed by atoms with Crippen molar-refractivity contribution in [1.29, 1.82) is 0 Å². The molecule has 0 saturated heterocycles. The molecule has 0 aliphatic rings. The average molecular weight is 237 g/mol. The van der Waals surface area contributed by atoms with Gasteiger partial charge in [0, 0.05) is 6.54 Å². The van der Waals surface area contributed by atoms with E-state index in [1.54, 1.807) is 0 Å². The summed E-state index contributed by atoms with van der Waals surface area (Å²) in [5.41, 5.74) is 3.43. The lowest BCUT2D eigenvalue weighted by Gasteiger charge is -2.00. The van der Waals surface area contributed by atoms with Crippen molar-refractivity contribution in [2.75, 3.05) is 0 Å². The van der Waals surface area contributed by atoms with Gasteiger partial charge in [0.25, 0.3) is 0 Å². The molecule has 0 atom stereocenters. The number of carbonyl (C=O) groups excluding carboxylic acids is 1. The van der Waals surface area contributed by atoms with Crippen molar-refractivity contribution in [3.63, 3.8) is 0 Å². The fourth-order valence-corrected chi connectivity index (χ4v) is 1.66. The molecule has 2 nitrogen and oxygen atoms in total. The van der Waals surface area contributed by atoms with E-state index in [9.17, 15) is 4.79 Å². The van der Waals surface area contributed by atoms with E-state index in [0.717, 1.165) is 11.1 Å². The third-order valence-corrected chi connectivity index (χ3v) is 2.64. The molecule has 0 aliphatic heterocycles. The quantitative estimate of drug-likeness (QED) is 0.628. The molecule has 0 bridgehead atoms. The lowest BCUT2D eigenvalue weighted by atomic mass is 10.1. The Morgan fingerprint density at radius 3 is 2.06 bits per heavy atom. The summed E-state index contributed by atoms with van der Waals surface area (Å²) in [5.74, 6) is 0. The summed E-state index contributed by atoms with van der Waals surface area (Å²) in [4.78, 5) is 10.2. The fraction of sp³-hybridized carbons (Fsp3) is 0.0625. The molecule has 0 aromatic heterocycles. The standard InChI is InChI=1S/C16H15NO/c18-13-17-12-16-10-8-15(9-11-16)7-6-14-4-2-1-3-5-14/h1-11,13H,12H2,(H,17,18). The number of hydrogen-bond donors (Lipinski definition) is 1. The zero-order valence-corrected chi connectivity index (χ0v) is 10.0. The van der Waals surface area contributed by atoms with Gasteiger partial charge in [-0.05, 0) is 16.7 Å². The number of carbonyl (C=O) groups is 1. The topological polar surface area (TPSA) is 29.1 Å². The summed E-state index contributed by atoms with van der Waals surface area (Å²) in [6.07, 6.45) is 4.87.